The van der Waals surface area contributed by atoms with Crippen molar-refractivity contribution in [2.24, 2.45) is 0 Å². The summed E-state index contributed by atoms with van der Waals surface area (Å²) < 4.78 is 4.99. The quantitative estimate of drug-likeness (QED) is 0.625. The van der Waals surface area contributed by atoms with Gasteiger partial charge in [-0.25, -0.2) is 0 Å². The van der Waals surface area contributed by atoms with Crippen LogP contribution in [-0.4, -0.2) is 23.3 Å². The van der Waals surface area contributed by atoms with E-state index in [9.17, 15) is 9.59 Å². The molecule has 0 amide bonds. The van der Waals surface area contributed by atoms with Crippen molar-refractivity contribution in [1.82, 2.24) is 4.98 Å². The van der Waals surface area contributed by atoms with Gasteiger partial charge in [0.15, 0.2) is 5.78 Å². The lowest BCUT2D eigenvalue weighted by molar-refractivity contribution is -0.144. The molecule has 0 aliphatic carbocycles. The van der Waals surface area contributed by atoms with Crippen LogP contribution in [0, 0.1) is 0 Å². The summed E-state index contributed by atoms with van der Waals surface area (Å²) in [7, 11) is 0. The summed E-state index contributed by atoms with van der Waals surface area (Å²) >= 11 is 0. The van der Waals surface area contributed by atoms with Crippen LogP contribution in [0.25, 0.3) is 0 Å². The van der Waals surface area contributed by atoms with Gasteiger partial charge in [-0.2, -0.15) is 0 Å². The van der Waals surface area contributed by atoms with Gasteiger partial charge in [0.2, 0.25) is 0 Å². The molecule has 4 nitrogen and oxygen atoms in total. The lowest BCUT2D eigenvalue weighted by atomic mass is 9.97. The van der Waals surface area contributed by atoms with E-state index >= 15 is 0 Å². The summed E-state index contributed by atoms with van der Waals surface area (Å²) in [6.45, 7) is 3.93. The molecule has 1 atom stereocenters. The molecule has 0 unspecified atom stereocenters. The van der Waals surface area contributed by atoms with Crippen LogP contribution in [0.1, 0.15) is 41.3 Å². The van der Waals surface area contributed by atoms with E-state index in [0.717, 1.165) is 5.56 Å². The number of rotatable bonds is 5. The van der Waals surface area contributed by atoms with Crippen LogP contribution in [0.15, 0.2) is 48.8 Å². The molecular weight excluding hydrogens is 266 g/mol. The lowest BCUT2D eigenvalue weighted by Gasteiger charge is -2.11. The minimum Gasteiger partial charge on any atom is -0.466 e. The maximum absolute atomic E-state index is 12.2. The Balaban J connectivity index is 2.16. The van der Waals surface area contributed by atoms with E-state index in [1.165, 1.54) is 6.20 Å². The van der Waals surface area contributed by atoms with Crippen LogP contribution in [-0.2, 0) is 9.53 Å². The van der Waals surface area contributed by atoms with Gasteiger partial charge in [-0.3, -0.25) is 14.6 Å². The van der Waals surface area contributed by atoms with Crippen LogP contribution < -0.4 is 0 Å². The summed E-state index contributed by atoms with van der Waals surface area (Å²) in [5.41, 5.74) is 1.95. The molecule has 0 bridgehead atoms. The topological polar surface area (TPSA) is 56.3 Å². The molecule has 108 valence electrons. The van der Waals surface area contributed by atoms with E-state index in [2.05, 4.69) is 4.98 Å². The number of hydrogen-bond donors (Lipinski definition) is 0. The summed E-state index contributed by atoms with van der Waals surface area (Å²) in [5.74, 6) is -0.685. The Labute approximate surface area is 123 Å². The van der Waals surface area contributed by atoms with Gasteiger partial charge in [0, 0.05) is 23.5 Å². The smallest absolute Gasteiger partial charge is 0.313 e. The van der Waals surface area contributed by atoms with E-state index in [1.54, 1.807) is 56.4 Å². The number of pyridine rings is 1. The molecule has 2 aromatic rings. The van der Waals surface area contributed by atoms with Crippen molar-refractivity contribution in [3.63, 3.8) is 0 Å². The molecule has 1 aromatic heterocycles. The van der Waals surface area contributed by atoms with Gasteiger partial charge in [0.1, 0.15) is 0 Å². The van der Waals surface area contributed by atoms with Crippen LogP contribution >= 0.6 is 0 Å². The van der Waals surface area contributed by atoms with Crippen molar-refractivity contribution >= 4 is 11.8 Å². The van der Waals surface area contributed by atoms with Gasteiger partial charge in [0.25, 0.3) is 0 Å². The monoisotopic (exact) mass is 283 g/mol. The van der Waals surface area contributed by atoms with Crippen molar-refractivity contribution in [3.8, 4) is 0 Å². The molecule has 1 aromatic carbocycles. The van der Waals surface area contributed by atoms with Gasteiger partial charge in [-0.15, -0.1) is 0 Å². The van der Waals surface area contributed by atoms with Crippen LogP contribution in [0.4, 0.5) is 0 Å². The number of hydrogen-bond acceptors (Lipinski definition) is 4. The second-order valence-corrected chi connectivity index (χ2v) is 4.67. The first-order chi connectivity index (χ1) is 10.1. The van der Waals surface area contributed by atoms with Gasteiger partial charge < -0.3 is 4.74 Å². The normalized spacial score (nSPS) is 11.7. The number of carbonyl (C=O) groups excluding carboxylic acids is 2. The van der Waals surface area contributed by atoms with E-state index in [1.807, 2.05) is 0 Å². The second-order valence-electron chi connectivity index (χ2n) is 4.67. The van der Waals surface area contributed by atoms with E-state index in [-0.39, 0.29) is 17.7 Å². The zero-order valence-electron chi connectivity index (χ0n) is 12.1. The molecule has 0 saturated heterocycles. The first-order valence-electron chi connectivity index (χ1n) is 6.84. The lowest BCUT2D eigenvalue weighted by Crippen LogP contribution is -2.13. The highest BCUT2D eigenvalue weighted by Crippen LogP contribution is 2.18. The van der Waals surface area contributed by atoms with Crippen molar-refractivity contribution < 1.29 is 14.3 Å². The molecule has 0 N–H and O–H groups in total. The minimum atomic E-state index is -0.340. The fraction of sp³-hybridized carbons (Fsp3) is 0.235. The highest BCUT2D eigenvalue weighted by atomic mass is 16.5. The van der Waals surface area contributed by atoms with Crippen LogP contribution in [0.3, 0.4) is 0 Å². The predicted octanol–water partition coefficient (Wildman–Crippen LogP) is 2.98. The Morgan fingerprint density at radius 2 is 1.86 bits per heavy atom. The number of ether oxygens (including phenoxy) is 1. The molecule has 0 aliphatic rings. The molecule has 1 heterocycles. The number of ketones is 1. The molecule has 0 radical (unpaired) electrons. The van der Waals surface area contributed by atoms with Crippen LogP contribution in [0.2, 0.25) is 0 Å². The Morgan fingerprint density at radius 3 is 2.43 bits per heavy atom. The predicted molar refractivity (Wildman–Crippen MR) is 79.2 cm³/mol. The number of esters is 1. The number of aromatic nitrogens is 1. The zero-order chi connectivity index (χ0) is 15.2. The zero-order valence-corrected chi connectivity index (χ0v) is 12.1. The van der Waals surface area contributed by atoms with Gasteiger partial charge in [0.05, 0.1) is 12.5 Å². The maximum Gasteiger partial charge on any atom is 0.313 e. The molecule has 0 spiro atoms. The van der Waals surface area contributed by atoms with Crippen molar-refractivity contribution in [2.45, 2.75) is 19.8 Å². The highest BCUT2D eigenvalue weighted by molar-refractivity contribution is 6.08. The summed E-state index contributed by atoms with van der Waals surface area (Å²) in [4.78, 5) is 27.9. The molecule has 0 fully saturated rings. The molecule has 0 aliphatic heterocycles. The standard InChI is InChI=1S/C17H17NO3/c1-3-21-17(20)12(2)13-6-8-14(9-7-13)16(19)15-5-4-10-18-11-15/h4-12H,3H2,1-2H3/t12-/m0/s1. The summed E-state index contributed by atoms with van der Waals surface area (Å²) in [6, 6.07) is 10.5. The largest absolute Gasteiger partial charge is 0.466 e. The Kier molecular flexibility index (Phi) is 4.82. The maximum atomic E-state index is 12.2. The number of carbonyl (C=O) groups is 2. The minimum absolute atomic E-state index is 0.0848. The van der Waals surface area contributed by atoms with Gasteiger partial charge >= 0.3 is 5.97 Å². The van der Waals surface area contributed by atoms with Crippen molar-refractivity contribution in [1.29, 1.82) is 0 Å². The summed E-state index contributed by atoms with van der Waals surface area (Å²) in [5, 5.41) is 0. The SMILES string of the molecule is CCOC(=O)[C@@H](C)c1ccc(C(=O)c2cccnc2)cc1. The summed E-state index contributed by atoms with van der Waals surface area (Å²) in [6.07, 6.45) is 3.17. The Hall–Kier alpha value is -2.49. The van der Waals surface area contributed by atoms with Crippen molar-refractivity contribution in [3.05, 3.63) is 65.5 Å². The number of nitrogens with zero attached hydrogens (tertiary/aromatic N) is 1. The number of benzene rings is 1. The highest BCUT2D eigenvalue weighted by Gasteiger charge is 2.17. The molecule has 0 saturated carbocycles. The first-order valence-corrected chi connectivity index (χ1v) is 6.84. The second kappa shape index (κ2) is 6.79. The Morgan fingerprint density at radius 1 is 1.14 bits per heavy atom. The molecule has 21 heavy (non-hydrogen) atoms. The van der Waals surface area contributed by atoms with E-state index in [0.29, 0.717) is 17.7 Å². The molecular formula is C17H17NO3. The average Bonchev–Trinajstić information content (AvgIpc) is 2.54. The van der Waals surface area contributed by atoms with E-state index < -0.39 is 0 Å². The Bertz CT molecular complexity index is 620. The third kappa shape index (κ3) is 3.54. The fourth-order valence-electron chi connectivity index (χ4n) is 1.99. The van der Waals surface area contributed by atoms with Gasteiger partial charge in [-0.1, -0.05) is 24.3 Å². The van der Waals surface area contributed by atoms with Crippen molar-refractivity contribution in [2.75, 3.05) is 6.61 Å². The molecule has 4 heteroatoms. The molecule has 2 rings (SSSR count). The third-order valence-electron chi connectivity index (χ3n) is 3.24. The van der Waals surface area contributed by atoms with Gasteiger partial charge in [-0.05, 0) is 31.5 Å². The average molecular weight is 283 g/mol. The van der Waals surface area contributed by atoms with E-state index in [4.69, 9.17) is 4.74 Å². The van der Waals surface area contributed by atoms with Crippen LogP contribution in [0.5, 0.6) is 0 Å². The first kappa shape index (κ1) is 14.9. The third-order valence-corrected chi connectivity index (χ3v) is 3.24. The fourth-order valence-corrected chi connectivity index (χ4v) is 1.99.